The number of benzene rings is 1. The van der Waals surface area contributed by atoms with Crippen molar-refractivity contribution in [1.29, 1.82) is 0 Å². The SMILES string of the molecule is CC(C)n1nccc1C(=O)N[C@H](C(=O)Nc1ccc2c(c1)CC[C@H]2N1CC[C@@](N)(C(F)(F)F)C1=O)C(C1CC1)C1CC1. The predicted octanol–water partition coefficient (Wildman–Crippen LogP) is 4.12. The molecule has 3 fully saturated rings. The van der Waals surface area contributed by atoms with Crippen LogP contribution in [0.4, 0.5) is 18.9 Å². The minimum Gasteiger partial charge on any atom is -0.339 e. The lowest BCUT2D eigenvalue weighted by molar-refractivity contribution is -0.190. The fourth-order valence-electron chi connectivity index (χ4n) is 6.89. The van der Waals surface area contributed by atoms with Crippen LogP contribution < -0.4 is 16.4 Å². The molecule has 0 spiro atoms. The molecule has 2 heterocycles. The molecule has 0 radical (unpaired) electrons. The van der Waals surface area contributed by atoms with Crippen LogP contribution in [0.25, 0.3) is 0 Å². The second kappa shape index (κ2) is 10.4. The quantitative estimate of drug-likeness (QED) is 0.408. The van der Waals surface area contributed by atoms with Gasteiger partial charge in [0.1, 0.15) is 11.7 Å². The lowest BCUT2D eigenvalue weighted by Gasteiger charge is -2.29. The molecular formula is C30H37F3N6O3. The van der Waals surface area contributed by atoms with E-state index in [1.165, 1.54) is 4.90 Å². The molecule has 1 aromatic carbocycles. The number of hydrogen-bond acceptors (Lipinski definition) is 5. The van der Waals surface area contributed by atoms with Crippen molar-refractivity contribution in [2.45, 2.75) is 88.6 Å². The van der Waals surface area contributed by atoms with E-state index in [0.717, 1.165) is 36.8 Å². The number of aryl methyl sites for hydroxylation is 1. The van der Waals surface area contributed by atoms with Gasteiger partial charge in [0, 0.05) is 30.9 Å². The van der Waals surface area contributed by atoms with E-state index in [9.17, 15) is 27.6 Å². The minimum absolute atomic E-state index is 0.0171. The van der Waals surface area contributed by atoms with E-state index in [2.05, 4.69) is 15.7 Å². The van der Waals surface area contributed by atoms with Crippen LogP contribution >= 0.6 is 0 Å². The summed E-state index contributed by atoms with van der Waals surface area (Å²) in [7, 11) is 0. The van der Waals surface area contributed by atoms with E-state index < -0.39 is 36.1 Å². The largest absolute Gasteiger partial charge is 0.415 e. The summed E-state index contributed by atoms with van der Waals surface area (Å²) < 4.78 is 42.2. The molecular weight excluding hydrogens is 549 g/mol. The Morgan fingerprint density at radius 2 is 1.79 bits per heavy atom. The lowest BCUT2D eigenvalue weighted by Crippen LogP contribution is -2.59. The molecule has 0 unspecified atom stereocenters. The van der Waals surface area contributed by atoms with Crippen LogP contribution in [0.5, 0.6) is 0 Å². The van der Waals surface area contributed by atoms with Crippen LogP contribution in [0.3, 0.4) is 0 Å². The van der Waals surface area contributed by atoms with Gasteiger partial charge in [0.2, 0.25) is 5.91 Å². The highest BCUT2D eigenvalue weighted by atomic mass is 19.4. The van der Waals surface area contributed by atoms with Crippen molar-refractivity contribution < 1.29 is 27.6 Å². The number of nitrogens with one attached hydrogen (secondary N) is 2. The fraction of sp³-hybridized carbons (Fsp3) is 0.600. The number of carbonyl (C=O) groups is 3. The maximum atomic E-state index is 13.8. The monoisotopic (exact) mass is 586 g/mol. The number of amides is 3. The van der Waals surface area contributed by atoms with Gasteiger partial charge in [0.15, 0.2) is 5.54 Å². The second-order valence-corrected chi connectivity index (χ2v) is 12.6. The first-order valence-corrected chi connectivity index (χ1v) is 14.8. The third-order valence-corrected chi connectivity index (χ3v) is 9.41. The first-order chi connectivity index (χ1) is 19.9. The van der Waals surface area contributed by atoms with Gasteiger partial charge in [-0.15, -0.1) is 0 Å². The van der Waals surface area contributed by atoms with E-state index in [4.69, 9.17) is 5.73 Å². The topological polar surface area (TPSA) is 122 Å². The van der Waals surface area contributed by atoms with E-state index >= 15 is 0 Å². The molecule has 1 aromatic heterocycles. The molecule has 12 heteroatoms. The summed E-state index contributed by atoms with van der Waals surface area (Å²) in [5, 5.41) is 10.3. The van der Waals surface area contributed by atoms with Gasteiger partial charge in [-0.2, -0.15) is 18.3 Å². The maximum absolute atomic E-state index is 13.8. The predicted molar refractivity (Wildman–Crippen MR) is 148 cm³/mol. The fourth-order valence-corrected chi connectivity index (χ4v) is 6.89. The number of rotatable bonds is 9. The van der Waals surface area contributed by atoms with E-state index in [1.807, 2.05) is 19.9 Å². The molecule has 226 valence electrons. The van der Waals surface area contributed by atoms with E-state index in [-0.39, 0.29) is 30.3 Å². The normalized spacial score (nSPS) is 24.8. The smallest absolute Gasteiger partial charge is 0.339 e. The van der Waals surface area contributed by atoms with Gasteiger partial charge in [-0.1, -0.05) is 6.07 Å². The van der Waals surface area contributed by atoms with Crippen LogP contribution in [0.2, 0.25) is 0 Å². The number of aromatic nitrogens is 2. The summed E-state index contributed by atoms with van der Waals surface area (Å²) in [6, 6.07) is 5.74. The second-order valence-electron chi connectivity index (χ2n) is 12.6. The Morgan fingerprint density at radius 1 is 1.10 bits per heavy atom. The maximum Gasteiger partial charge on any atom is 0.415 e. The number of halogens is 3. The summed E-state index contributed by atoms with van der Waals surface area (Å²) in [5.41, 5.74) is 5.27. The zero-order chi connectivity index (χ0) is 30.0. The van der Waals surface area contributed by atoms with Gasteiger partial charge < -0.3 is 21.3 Å². The van der Waals surface area contributed by atoms with Crippen LogP contribution in [0.1, 0.15) is 86.1 Å². The van der Waals surface area contributed by atoms with Gasteiger partial charge in [0.05, 0.1) is 6.04 Å². The molecule has 6 rings (SSSR count). The standard InChI is InChI=1S/C30H37F3N6O3/c1-16(2)39-23(11-13-35-39)26(40)37-25(24(17-3-4-17)18-5-6-18)27(41)36-20-8-9-21-19(15-20)7-10-22(21)38-14-12-29(34,28(38)42)30(31,32)33/h8-9,11,13,15-18,22,24-25H,3-7,10,12,14,34H2,1-2H3,(H,36,41)(H,37,40)/t22-,25+,29+/m1/s1. The third kappa shape index (κ3) is 5.07. The van der Waals surface area contributed by atoms with Gasteiger partial charge in [-0.3, -0.25) is 19.1 Å². The highest BCUT2D eigenvalue weighted by Gasteiger charge is 2.63. The van der Waals surface area contributed by atoms with Crippen molar-refractivity contribution >= 4 is 23.4 Å². The van der Waals surface area contributed by atoms with Crippen molar-refractivity contribution in [3.05, 3.63) is 47.3 Å². The number of fused-ring (bicyclic) bond motifs is 1. The summed E-state index contributed by atoms with van der Waals surface area (Å²) >= 11 is 0. The van der Waals surface area contributed by atoms with Crippen molar-refractivity contribution in [3.63, 3.8) is 0 Å². The summed E-state index contributed by atoms with van der Waals surface area (Å²) in [4.78, 5) is 41.2. The number of anilines is 1. The number of nitrogens with zero attached hydrogens (tertiary/aromatic N) is 3. The molecule has 3 atom stereocenters. The lowest BCUT2D eigenvalue weighted by atomic mass is 9.88. The average Bonchev–Trinajstić information content (AvgIpc) is 3.83. The highest BCUT2D eigenvalue weighted by molar-refractivity contribution is 6.01. The summed E-state index contributed by atoms with van der Waals surface area (Å²) in [5.74, 6) is -0.870. The Hall–Kier alpha value is -3.41. The first-order valence-electron chi connectivity index (χ1n) is 14.8. The van der Waals surface area contributed by atoms with Crippen molar-refractivity contribution in [1.82, 2.24) is 20.0 Å². The number of alkyl halides is 3. The van der Waals surface area contributed by atoms with Crippen molar-refractivity contribution in [3.8, 4) is 0 Å². The van der Waals surface area contributed by atoms with Crippen LogP contribution in [-0.2, 0) is 16.0 Å². The number of likely N-dealkylation sites (tertiary alicyclic amines) is 1. The van der Waals surface area contributed by atoms with E-state index in [1.54, 1.807) is 29.1 Å². The number of carbonyl (C=O) groups excluding carboxylic acids is 3. The Labute approximate surface area is 242 Å². The Bertz CT molecular complexity index is 1390. The molecule has 9 nitrogen and oxygen atoms in total. The minimum atomic E-state index is -4.81. The third-order valence-electron chi connectivity index (χ3n) is 9.41. The Morgan fingerprint density at radius 3 is 2.38 bits per heavy atom. The van der Waals surface area contributed by atoms with Crippen LogP contribution in [0, 0.1) is 17.8 Å². The van der Waals surface area contributed by atoms with Crippen molar-refractivity contribution in [2.75, 3.05) is 11.9 Å². The molecule has 2 saturated carbocycles. The molecule has 1 aliphatic heterocycles. The van der Waals surface area contributed by atoms with Gasteiger partial charge in [-0.25, -0.2) is 0 Å². The van der Waals surface area contributed by atoms with Crippen molar-refractivity contribution in [2.24, 2.45) is 23.5 Å². The van der Waals surface area contributed by atoms with Gasteiger partial charge in [-0.05, 0) is 99.5 Å². The molecule has 4 aliphatic rings. The average molecular weight is 587 g/mol. The Balaban J connectivity index is 1.20. The summed E-state index contributed by atoms with van der Waals surface area (Å²) in [6.07, 6.45) is 1.50. The molecule has 3 aliphatic carbocycles. The highest BCUT2D eigenvalue weighted by Crippen LogP contribution is 2.51. The van der Waals surface area contributed by atoms with Crippen LogP contribution in [-0.4, -0.2) is 56.7 Å². The molecule has 2 aromatic rings. The zero-order valence-corrected chi connectivity index (χ0v) is 23.8. The van der Waals surface area contributed by atoms with Crippen LogP contribution in [0.15, 0.2) is 30.5 Å². The zero-order valence-electron chi connectivity index (χ0n) is 23.8. The molecule has 42 heavy (non-hydrogen) atoms. The Kier molecular flexibility index (Phi) is 7.10. The number of hydrogen-bond donors (Lipinski definition) is 3. The van der Waals surface area contributed by atoms with Gasteiger partial charge >= 0.3 is 6.18 Å². The summed E-state index contributed by atoms with van der Waals surface area (Å²) in [6.45, 7) is 3.82. The molecule has 1 saturated heterocycles. The molecule has 0 bridgehead atoms. The first kappa shape index (κ1) is 28.7. The molecule has 4 N–H and O–H groups in total. The van der Waals surface area contributed by atoms with E-state index in [0.29, 0.717) is 36.1 Å². The molecule has 3 amide bonds. The van der Waals surface area contributed by atoms with Gasteiger partial charge in [0.25, 0.3) is 11.8 Å². The number of nitrogens with two attached hydrogens (primary N) is 1.